The Morgan fingerprint density at radius 2 is 1.90 bits per heavy atom. The Morgan fingerprint density at radius 1 is 1.24 bits per heavy atom. The molecule has 0 bridgehead atoms. The summed E-state index contributed by atoms with van der Waals surface area (Å²) in [5.41, 5.74) is 0. The summed E-state index contributed by atoms with van der Waals surface area (Å²) in [7, 11) is 0. The van der Waals surface area contributed by atoms with Crippen LogP contribution in [0.3, 0.4) is 0 Å². The van der Waals surface area contributed by atoms with E-state index in [1.165, 1.54) is 12.1 Å². The summed E-state index contributed by atoms with van der Waals surface area (Å²) < 4.78 is 10.9. The first-order valence-electron chi connectivity index (χ1n) is 7.09. The molecule has 0 aliphatic heterocycles. The number of urea groups is 1. The van der Waals surface area contributed by atoms with Crippen molar-refractivity contribution in [2.75, 3.05) is 13.2 Å². The van der Waals surface area contributed by atoms with Gasteiger partial charge in [-0.2, -0.15) is 0 Å². The van der Waals surface area contributed by atoms with E-state index in [0.717, 1.165) is 6.42 Å². The van der Waals surface area contributed by atoms with Crippen LogP contribution in [0.2, 0.25) is 0 Å². The number of rotatable bonds is 8. The molecule has 0 fully saturated rings. The summed E-state index contributed by atoms with van der Waals surface area (Å²) in [5.74, 6) is 0.746. The predicted molar refractivity (Wildman–Crippen MR) is 80.4 cm³/mol. The molecule has 0 saturated heterocycles. The lowest BCUT2D eigenvalue weighted by Gasteiger charge is -2.17. The minimum absolute atomic E-state index is 0.171. The molecule has 3 N–H and O–H groups in total. The largest absolute Gasteiger partial charge is 0.508 e. The zero-order chi connectivity index (χ0) is 15.7. The standard InChI is InChI=1S/C15H24N2O4/c1-11(2)20-10-4-9-16-15(19)17-12(3)21-14-7-5-13(18)6-8-14/h5-8,11-12,18H,4,9-10H2,1-3H3,(H2,16,17,19). The van der Waals surface area contributed by atoms with Gasteiger partial charge in [0.25, 0.3) is 0 Å². The predicted octanol–water partition coefficient (Wildman–Crippen LogP) is 2.23. The van der Waals surface area contributed by atoms with Crippen LogP contribution < -0.4 is 15.4 Å². The number of carbonyl (C=O) groups excluding carboxylic acids is 1. The van der Waals surface area contributed by atoms with Gasteiger partial charge in [-0.25, -0.2) is 4.79 Å². The molecule has 21 heavy (non-hydrogen) atoms. The van der Waals surface area contributed by atoms with E-state index in [2.05, 4.69) is 10.6 Å². The van der Waals surface area contributed by atoms with Crippen LogP contribution in [-0.2, 0) is 4.74 Å². The molecule has 0 aliphatic carbocycles. The summed E-state index contributed by atoms with van der Waals surface area (Å²) in [6.45, 7) is 6.85. The highest BCUT2D eigenvalue weighted by atomic mass is 16.5. The van der Waals surface area contributed by atoms with E-state index >= 15 is 0 Å². The van der Waals surface area contributed by atoms with Gasteiger partial charge in [-0.15, -0.1) is 0 Å². The summed E-state index contributed by atoms with van der Waals surface area (Å²) in [5, 5.41) is 14.6. The number of ether oxygens (including phenoxy) is 2. The number of benzene rings is 1. The third-order valence-corrected chi connectivity index (χ3v) is 2.54. The lowest BCUT2D eigenvalue weighted by Crippen LogP contribution is -2.43. The first-order valence-corrected chi connectivity index (χ1v) is 7.09. The lowest BCUT2D eigenvalue weighted by atomic mass is 10.3. The van der Waals surface area contributed by atoms with Crippen molar-refractivity contribution in [1.82, 2.24) is 10.6 Å². The van der Waals surface area contributed by atoms with Gasteiger partial charge in [0.15, 0.2) is 6.23 Å². The van der Waals surface area contributed by atoms with Gasteiger partial charge in [0, 0.05) is 13.2 Å². The van der Waals surface area contributed by atoms with Crippen LogP contribution in [0, 0.1) is 0 Å². The molecule has 1 aromatic rings. The first kappa shape index (κ1) is 17.1. The second-order valence-corrected chi connectivity index (χ2v) is 4.93. The van der Waals surface area contributed by atoms with Crippen molar-refractivity contribution in [2.45, 2.75) is 39.5 Å². The molecule has 0 saturated carbocycles. The zero-order valence-corrected chi connectivity index (χ0v) is 12.8. The van der Waals surface area contributed by atoms with Crippen molar-refractivity contribution in [3.63, 3.8) is 0 Å². The molecule has 0 aliphatic rings. The van der Waals surface area contributed by atoms with Crippen LogP contribution in [0.4, 0.5) is 4.79 Å². The minimum atomic E-state index is -0.471. The van der Waals surface area contributed by atoms with Gasteiger partial charge in [-0.1, -0.05) is 0 Å². The number of hydrogen-bond donors (Lipinski definition) is 3. The number of hydrogen-bond acceptors (Lipinski definition) is 4. The van der Waals surface area contributed by atoms with Crippen molar-refractivity contribution < 1.29 is 19.4 Å². The number of phenols is 1. The van der Waals surface area contributed by atoms with E-state index in [-0.39, 0.29) is 17.9 Å². The van der Waals surface area contributed by atoms with Crippen molar-refractivity contribution in [1.29, 1.82) is 0 Å². The van der Waals surface area contributed by atoms with Gasteiger partial charge in [0.05, 0.1) is 6.10 Å². The van der Waals surface area contributed by atoms with Crippen LogP contribution in [0.1, 0.15) is 27.2 Å². The fourth-order valence-corrected chi connectivity index (χ4v) is 1.59. The molecule has 1 unspecified atom stereocenters. The smallest absolute Gasteiger partial charge is 0.317 e. The van der Waals surface area contributed by atoms with Crippen molar-refractivity contribution in [3.8, 4) is 11.5 Å². The average Bonchev–Trinajstić information content (AvgIpc) is 2.40. The molecule has 1 rings (SSSR count). The van der Waals surface area contributed by atoms with E-state index in [1.807, 2.05) is 13.8 Å². The quantitative estimate of drug-likeness (QED) is 0.507. The second-order valence-electron chi connectivity index (χ2n) is 4.93. The van der Waals surface area contributed by atoms with E-state index in [4.69, 9.17) is 14.6 Å². The zero-order valence-electron chi connectivity index (χ0n) is 12.8. The molecule has 6 heteroatoms. The number of amides is 2. The fourth-order valence-electron chi connectivity index (χ4n) is 1.59. The van der Waals surface area contributed by atoms with Crippen LogP contribution >= 0.6 is 0 Å². The minimum Gasteiger partial charge on any atom is -0.508 e. The molecule has 1 aromatic carbocycles. The van der Waals surface area contributed by atoms with Crippen LogP contribution in [0.5, 0.6) is 11.5 Å². The molecule has 0 radical (unpaired) electrons. The molecule has 118 valence electrons. The highest BCUT2D eigenvalue weighted by Gasteiger charge is 2.07. The van der Waals surface area contributed by atoms with E-state index < -0.39 is 6.23 Å². The SMILES string of the molecule is CC(C)OCCCNC(=O)NC(C)Oc1ccc(O)cc1. The Balaban J connectivity index is 2.17. The van der Waals surface area contributed by atoms with E-state index in [0.29, 0.717) is 18.9 Å². The van der Waals surface area contributed by atoms with Crippen molar-refractivity contribution in [3.05, 3.63) is 24.3 Å². The van der Waals surface area contributed by atoms with E-state index in [1.54, 1.807) is 19.1 Å². The maximum atomic E-state index is 11.6. The van der Waals surface area contributed by atoms with Crippen LogP contribution in [0.25, 0.3) is 0 Å². The number of phenolic OH excluding ortho intramolecular Hbond substituents is 1. The van der Waals surface area contributed by atoms with Gasteiger partial charge in [-0.3, -0.25) is 0 Å². The van der Waals surface area contributed by atoms with Gasteiger partial charge in [-0.05, 0) is 51.5 Å². The summed E-state index contributed by atoms with van der Waals surface area (Å²) in [6, 6.07) is 6.03. The number of carbonyl (C=O) groups is 1. The number of aromatic hydroxyl groups is 1. The van der Waals surface area contributed by atoms with Crippen molar-refractivity contribution >= 4 is 6.03 Å². The molecule has 0 spiro atoms. The van der Waals surface area contributed by atoms with Gasteiger partial charge < -0.3 is 25.2 Å². The molecule has 1 atom stereocenters. The maximum Gasteiger partial charge on any atom is 0.317 e. The highest BCUT2D eigenvalue weighted by molar-refractivity contribution is 5.73. The second kappa shape index (κ2) is 9.07. The molecular weight excluding hydrogens is 272 g/mol. The maximum absolute atomic E-state index is 11.6. The molecule has 2 amide bonds. The molecular formula is C15H24N2O4. The highest BCUT2D eigenvalue weighted by Crippen LogP contribution is 2.16. The topological polar surface area (TPSA) is 79.8 Å². The Labute approximate surface area is 125 Å². The van der Waals surface area contributed by atoms with Crippen LogP contribution in [-0.4, -0.2) is 36.6 Å². The summed E-state index contributed by atoms with van der Waals surface area (Å²) >= 11 is 0. The number of nitrogens with one attached hydrogen (secondary N) is 2. The first-order chi connectivity index (χ1) is 9.97. The monoisotopic (exact) mass is 296 g/mol. The average molecular weight is 296 g/mol. The Morgan fingerprint density at radius 3 is 2.52 bits per heavy atom. The normalized spacial score (nSPS) is 12.0. The third-order valence-electron chi connectivity index (χ3n) is 2.54. The molecule has 0 aromatic heterocycles. The van der Waals surface area contributed by atoms with E-state index in [9.17, 15) is 4.79 Å². The van der Waals surface area contributed by atoms with Gasteiger partial charge >= 0.3 is 6.03 Å². The Hall–Kier alpha value is -1.95. The lowest BCUT2D eigenvalue weighted by molar-refractivity contribution is 0.0773. The third kappa shape index (κ3) is 8.04. The van der Waals surface area contributed by atoms with Crippen molar-refractivity contribution in [2.24, 2.45) is 0 Å². The molecule has 6 nitrogen and oxygen atoms in total. The summed E-state index contributed by atoms with van der Waals surface area (Å²) in [6.07, 6.45) is 0.498. The Bertz CT molecular complexity index is 420. The van der Waals surface area contributed by atoms with Gasteiger partial charge in [0.1, 0.15) is 11.5 Å². The van der Waals surface area contributed by atoms with Gasteiger partial charge in [0.2, 0.25) is 0 Å². The van der Waals surface area contributed by atoms with Crippen LogP contribution in [0.15, 0.2) is 24.3 Å². The fraction of sp³-hybridized carbons (Fsp3) is 0.533. The Kier molecular flexibility index (Phi) is 7.39. The molecule has 0 heterocycles. The summed E-state index contributed by atoms with van der Waals surface area (Å²) in [4.78, 5) is 11.6.